The fraction of sp³-hybridized carbons (Fsp3) is 0.0833. The van der Waals surface area contributed by atoms with Gasteiger partial charge in [0, 0.05) is 11.8 Å². The average molecular weight is 279 g/mol. The van der Waals surface area contributed by atoms with Crippen molar-refractivity contribution in [2.24, 2.45) is 0 Å². The highest BCUT2D eigenvalue weighted by molar-refractivity contribution is 6.33. The average Bonchev–Trinajstić information content (AvgIpc) is 2.37. The number of benzene rings is 1. The van der Waals surface area contributed by atoms with Crippen molar-refractivity contribution in [1.29, 1.82) is 5.26 Å². The second-order valence-electron chi connectivity index (χ2n) is 3.53. The maximum Gasteiger partial charge on any atom is 0.175 e. The van der Waals surface area contributed by atoms with Crippen molar-refractivity contribution in [1.82, 2.24) is 10.2 Å². The summed E-state index contributed by atoms with van der Waals surface area (Å²) in [7, 11) is 0. The lowest BCUT2D eigenvalue weighted by Gasteiger charge is -2.07. The van der Waals surface area contributed by atoms with Crippen LogP contribution in [0.15, 0.2) is 30.3 Å². The summed E-state index contributed by atoms with van der Waals surface area (Å²) in [6.07, 6.45) is 0.393. The Morgan fingerprint density at radius 1 is 1.17 bits per heavy atom. The smallest absolute Gasteiger partial charge is 0.175 e. The molecule has 0 aliphatic carbocycles. The van der Waals surface area contributed by atoms with Gasteiger partial charge in [-0.25, -0.2) is 0 Å². The highest BCUT2D eigenvalue weighted by Gasteiger charge is 2.04. The van der Waals surface area contributed by atoms with Crippen LogP contribution >= 0.6 is 23.2 Å². The van der Waals surface area contributed by atoms with Gasteiger partial charge in [-0.3, -0.25) is 0 Å². The molecule has 1 heterocycles. The SMILES string of the molecule is N#CCc1ccc(Nc2cc(Cl)nnc2Cl)cc1. The summed E-state index contributed by atoms with van der Waals surface area (Å²) in [6, 6.07) is 11.1. The lowest BCUT2D eigenvalue weighted by Crippen LogP contribution is -1.95. The van der Waals surface area contributed by atoms with Gasteiger partial charge in [-0.2, -0.15) is 5.26 Å². The molecule has 0 saturated heterocycles. The van der Waals surface area contributed by atoms with E-state index in [1.165, 1.54) is 0 Å². The van der Waals surface area contributed by atoms with Crippen LogP contribution in [0.5, 0.6) is 0 Å². The van der Waals surface area contributed by atoms with E-state index in [4.69, 9.17) is 28.5 Å². The number of aromatic nitrogens is 2. The molecule has 90 valence electrons. The predicted molar refractivity (Wildman–Crippen MR) is 71.1 cm³/mol. The van der Waals surface area contributed by atoms with Gasteiger partial charge in [0.1, 0.15) is 0 Å². The van der Waals surface area contributed by atoms with Crippen molar-refractivity contribution in [3.05, 3.63) is 46.2 Å². The third-order valence-electron chi connectivity index (χ3n) is 2.24. The van der Waals surface area contributed by atoms with Crippen molar-refractivity contribution in [2.75, 3.05) is 5.32 Å². The summed E-state index contributed by atoms with van der Waals surface area (Å²) < 4.78 is 0. The summed E-state index contributed by atoms with van der Waals surface area (Å²) in [5, 5.41) is 19.5. The molecule has 2 aromatic rings. The summed E-state index contributed by atoms with van der Waals surface area (Å²) in [5.41, 5.74) is 2.38. The quantitative estimate of drug-likeness (QED) is 0.932. The van der Waals surface area contributed by atoms with Crippen LogP contribution in [0.4, 0.5) is 11.4 Å². The topological polar surface area (TPSA) is 61.6 Å². The monoisotopic (exact) mass is 278 g/mol. The first kappa shape index (κ1) is 12.6. The Morgan fingerprint density at radius 3 is 2.56 bits per heavy atom. The van der Waals surface area contributed by atoms with Crippen LogP contribution in [0.25, 0.3) is 0 Å². The Balaban J connectivity index is 2.18. The maximum absolute atomic E-state index is 8.58. The highest BCUT2D eigenvalue weighted by atomic mass is 35.5. The standard InChI is InChI=1S/C12H8Cl2N4/c13-11-7-10(12(14)18-17-11)16-9-3-1-8(2-4-9)5-6-15/h1-4,7H,5H2,(H,16,17). The molecule has 0 fully saturated rings. The van der Waals surface area contributed by atoms with Crippen LogP contribution in [0.1, 0.15) is 5.56 Å². The molecule has 0 saturated carbocycles. The fourth-order valence-electron chi connectivity index (χ4n) is 1.39. The first-order valence-electron chi connectivity index (χ1n) is 5.10. The minimum atomic E-state index is 0.250. The van der Waals surface area contributed by atoms with Crippen LogP contribution < -0.4 is 5.32 Å². The van der Waals surface area contributed by atoms with Crippen molar-refractivity contribution in [2.45, 2.75) is 6.42 Å². The molecule has 0 spiro atoms. The molecule has 0 unspecified atom stereocenters. The molecule has 0 aliphatic heterocycles. The molecule has 6 heteroatoms. The van der Waals surface area contributed by atoms with Crippen molar-refractivity contribution >= 4 is 34.6 Å². The molecule has 1 aromatic carbocycles. The van der Waals surface area contributed by atoms with Gasteiger partial charge in [-0.15, -0.1) is 10.2 Å². The number of anilines is 2. The number of halogens is 2. The van der Waals surface area contributed by atoms with E-state index in [0.29, 0.717) is 12.1 Å². The first-order chi connectivity index (χ1) is 8.69. The zero-order valence-electron chi connectivity index (χ0n) is 9.19. The number of hydrogen-bond acceptors (Lipinski definition) is 4. The van der Waals surface area contributed by atoms with E-state index in [1.54, 1.807) is 6.07 Å². The van der Waals surface area contributed by atoms with E-state index < -0.39 is 0 Å². The van der Waals surface area contributed by atoms with E-state index in [0.717, 1.165) is 11.3 Å². The van der Waals surface area contributed by atoms with E-state index in [-0.39, 0.29) is 10.3 Å². The van der Waals surface area contributed by atoms with E-state index >= 15 is 0 Å². The Kier molecular flexibility index (Phi) is 3.98. The molecule has 0 amide bonds. The zero-order valence-corrected chi connectivity index (χ0v) is 10.7. The van der Waals surface area contributed by atoms with Crippen LogP contribution in [0.3, 0.4) is 0 Å². The van der Waals surface area contributed by atoms with Gasteiger partial charge in [-0.1, -0.05) is 35.3 Å². The summed E-state index contributed by atoms with van der Waals surface area (Å²) in [5.74, 6) is 0. The Morgan fingerprint density at radius 2 is 1.89 bits per heavy atom. The molecule has 18 heavy (non-hydrogen) atoms. The van der Waals surface area contributed by atoms with Crippen molar-refractivity contribution in [3.63, 3.8) is 0 Å². The van der Waals surface area contributed by atoms with Gasteiger partial charge in [0.15, 0.2) is 10.3 Å². The highest BCUT2D eigenvalue weighted by Crippen LogP contribution is 2.25. The third-order valence-corrected chi connectivity index (χ3v) is 2.70. The van der Waals surface area contributed by atoms with E-state index in [2.05, 4.69) is 21.6 Å². The van der Waals surface area contributed by atoms with Gasteiger partial charge in [0.2, 0.25) is 0 Å². The number of nitrogens with zero attached hydrogens (tertiary/aromatic N) is 3. The second kappa shape index (κ2) is 5.67. The molecule has 1 N–H and O–H groups in total. The molecule has 0 atom stereocenters. The maximum atomic E-state index is 8.58. The number of rotatable bonds is 3. The predicted octanol–water partition coefficient (Wildman–Crippen LogP) is 3.59. The summed E-state index contributed by atoms with van der Waals surface area (Å²) in [6.45, 7) is 0. The van der Waals surface area contributed by atoms with Gasteiger partial charge >= 0.3 is 0 Å². The first-order valence-corrected chi connectivity index (χ1v) is 5.86. The van der Waals surface area contributed by atoms with Crippen LogP contribution in [0.2, 0.25) is 10.3 Å². The number of nitrogens with one attached hydrogen (secondary N) is 1. The van der Waals surface area contributed by atoms with Crippen LogP contribution in [-0.4, -0.2) is 10.2 Å². The minimum absolute atomic E-state index is 0.250. The Hall–Kier alpha value is -1.83. The van der Waals surface area contributed by atoms with Crippen LogP contribution in [-0.2, 0) is 6.42 Å². The largest absolute Gasteiger partial charge is 0.353 e. The molecule has 0 radical (unpaired) electrons. The normalized spacial score (nSPS) is 9.83. The third kappa shape index (κ3) is 3.10. The number of hydrogen-bond donors (Lipinski definition) is 1. The molecule has 0 bridgehead atoms. The summed E-state index contributed by atoms with van der Waals surface area (Å²) in [4.78, 5) is 0. The van der Waals surface area contributed by atoms with Crippen molar-refractivity contribution < 1.29 is 0 Å². The molecule has 2 rings (SSSR count). The summed E-state index contributed by atoms with van der Waals surface area (Å²) >= 11 is 11.6. The Labute approximate surface area is 114 Å². The van der Waals surface area contributed by atoms with Gasteiger partial charge in [-0.05, 0) is 17.7 Å². The molecule has 1 aromatic heterocycles. The number of nitriles is 1. The molecule has 0 aliphatic rings. The van der Waals surface area contributed by atoms with Crippen LogP contribution in [0, 0.1) is 11.3 Å². The Bertz CT molecular complexity index is 590. The second-order valence-corrected chi connectivity index (χ2v) is 4.27. The lowest BCUT2D eigenvalue weighted by molar-refractivity contribution is 1.03. The molecule has 4 nitrogen and oxygen atoms in total. The van der Waals surface area contributed by atoms with Gasteiger partial charge in [0.05, 0.1) is 18.2 Å². The van der Waals surface area contributed by atoms with E-state index in [9.17, 15) is 0 Å². The van der Waals surface area contributed by atoms with Gasteiger partial charge in [0.25, 0.3) is 0 Å². The molecular weight excluding hydrogens is 271 g/mol. The van der Waals surface area contributed by atoms with E-state index in [1.807, 2.05) is 24.3 Å². The fourth-order valence-corrected chi connectivity index (χ4v) is 1.68. The lowest BCUT2D eigenvalue weighted by atomic mass is 10.1. The minimum Gasteiger partial charge on any atom is -0.353 e. The molecular formula is C12H8Cl2N4. The van der Waals surface area contributed by atoms with Gasteiger partial charge < -0.3 is 5.32 Å². The zero-order chi connectivity index (χ0) is 13.0. The van der Waals surface area contributed by atoms with Crippen molar-refractivity contribution in [3.8, 4) is 6.07 Å².